The first kappa shape index (κ1) is 20.4. The number of nitrogens with one attached hydrogen (secondary N) is 1. The molecular weight excluding hydrogens is 376 g/mol. The molecule has 1 aromatic heterocycles. The molecule has 2 aliphatic rings. The fourth-order valence-corrected chi connectivity index (χ4v) is 4.14. The number of carbonyl (C=O) groups excluding carboxylic acids is 1. The number of hydrogen-bond donors (Lipinski definition) is 1. The summed E-state index contributed by atoms with van der Waals surface area (Å²) in [5.74, 6) is 1.82. The smallest absolute Gasteiger partial charge is 0.321 e. The van der Waals surface area contributed by atoms with Crippen molar-refractivity contribution in [1.82, 2.24) is 14.9 Å². The Hall–Kier alpha value is -2.83. The minimum atomic E-state index is -0.0313. The Balaban J connectivity index is 1.39. The SMILES string of the molecule is Cc1ccc(C)c(NC(=O)N2CCN(c3cc(C)nc(N4CCCCC4)n3)CC2)c1. The van der Waals surface area contributed by atoms with Crippen molar-refractivity contribution in [3.63, 3.8) is 0 Å². The first-order chi connectivity index (χ1) is 14.5. The van der Waals surface area contributed by atoms with E-state index in [1.165, 1.54) is 19.3 Å². The second-order valence-electron chi connectivity index (χ2n) is 8.44. The molecule has 0 saturated carbocycles. The van der Waals surface area contributed by atoms with Crippen molar-refractivity contribution < 1.29 is 4.79 Å². The fraction of sp³-hybridized carbons (Fsp3) is 0.522. The Kier molecular flexibility index (Phi) is 6.06. The molecule has 3 heterocycles. The van der Waals surface area contributed by atoms with E-state index in [0.29, 0.717) is 13.1 Å². The van der Waals surface area contributed by atoms with Crippen LogP contribution in [0.15, 0.2) is 24.3 Å². The van der Waals surface area contributed by atoms with Crippen molar-refractivity contribution in [1.29, 1.82) is 0 Å². The van der Waals surface area contributed by atoms with Gasteiger partial charge in [-0.2, -0.15) is 4.98 Å². The molecule has 7 nitrogen and oxygen atoms in total. The van der Waals surface area contributed by atoms with Gasteiger partial charge in [0.05, 0.1) is 0 Å². The van der Waals surface area contributed by atoms with Crippen LogP contribution in [0.3, 0.4) is 0 Å². The molecule has 1 aromatic carbocycles. The summed E-state index contributed by atoms with van der Waals surface area (Å²) in [6.45, 7) is 11.1. The number of hydrogen-bond acceptors (Lipinski definition) is 5. The van der Waals surface area contributed by atoms with E-state index in [1.54, 1.807) is 0 Å². The van der Waals surface area contributed by atoms with Crippen molar-refractivity contribution >= 4 is 23.5 Å². The number of piperazine rings is 1. The van der Waals surface area contributed by atoms with Crippen LogP contribution in [-0.4, -0.2) is 60.2 Å². The van der Waals surface area contributed by atoms with Crippen molar-refractivity contribution in [2.45, 2.75) is 40.0 Å². The molecule has 160 valence electrons. The lowest BCUT2D eigenvalue weighted by molar-refractivity contribution is 0.208. The quantitative estimate of drug-likeness (QED) is 0.838. The van der Waals surface area contributed by atoms with Gasteiger partial charge >= 0.3 is 6.03 Å². The van der Waals surface area contributed by atoms with Crippen LogP contribution in [-0.2, 0) is 0 Å². The molecule has 7 heteroatoms. The van der Waals surface area contributed by atoms with Crippen LogP contribution in [0.2, 0.25) is 0 Å². The van der Waals surface area contributed by atoms with Gasteiger partial charge in [0, 0.05) is 56.7 Å². The summed E-state index contributed by atoms with van der Waals surface area (Å²) in [4.78, 5) is 28.7. The van der Waals surface area contributed by atoms with Gasteiger partial charge in [0.1, 0.15) is 5.82 Å². The van der Waals surface area contributed by atoms with Gasteiger partial charge in [-0.3, -0.25) is 0 Å². The summed E-state index contributed by atoms with van der Waals surface area (Å²) in [5.41, 5.74) is 4.11. The maximum absolute atomic E-state index is 12.8. The first-order valence-corrected chi connectivity index (χ1v) is 11.0. The fourth-order valence-electron chi connectivity index (χ4n) is 4.14. The van der Waals surface area contributed by atoms with Crippen LogP contribution < -0.4 is 15.1 Å². The van der Waals surface area contributed by atoms with Crippen molar-refractivity contribution in [2.75, 3.05) is 54.4 Å². The predicted molar refractivity (Wildman–Crippen MR) is 122 cm³/mol. The van der Waals surface area contributed by atoms with Crippen LogP contribution in [0, 0.1) is 20.8 Å². The molecule has 0 spiro atoms. The molecule has 30 heavy (non-hydrogen) atoms. The number of amides is 2. The third kappa shape index (κ3) is 4.66. The highest BCUT2D eigenvalue weighted by molar-refractivity contribution is 5.90. The molecule has 2 aliphatic heterocycles. The Morgan fingerprint density at radius 1 is 0.867 bits per heavy atom. The van der Waals surface area contributed by atoms with Gasteiger partial charge in [-0.05, 0) is 57.2 Å². The Labute approximate surface area is 179 Å². The molecular formula is C23H32N6O. The van der Waals surface area contributed by atoms with E-state index in [4.69, 9.17) is 4.98 Å². The number of rotatable bonds is 3. The van der Waals surface area contributed by atoms with Crippen molar-refractivity contribution in [2.24, 2.45) is 0 Å². The molecule has 0 radical (unpaired) electrons. The Morgan fingerprint density at radius 3 is 2.33 bits per heavy atom. The van der Waals surface area contributed by atoms with Crippen LogP contribution >= 0.6 is 0 Å². The highest BCUT2D eigenvalue weighted by Gasteiger charge is 2.24. The minimum Gasteiger partial charge on any atom is -0.353 e. The highest BCUT2D eigenvalue weighted by atomic mass is 16.2. The molecule has 0 aliphatic carbocycles. The zero-order chi connectivity index (χ0) is 21.1. The molecule has 2 amide bonds. The monoisotopic (exact) mass is 408 g/mol. The average Bonchev–Trinajstić information content (AvgIpc) is 2.76. The maximum Gasteiger partial charge on any atom is 0.321 e. The second kappa shape index (κ2) is 8.90. The topological polar surface area (TPSA) is 64.6 Å². The molecule has 4 rings (SSSR count). The first-order valence-electron chi connectivity index (χ1n) is 11.0. The summed E-state index contributed by atoms with van der Waals surface area (Å²) in [7, 11) is 0. The standard InChI is InChI=1S/C23H32N6O/c1-17-7-8-18(2)20(15-17)25-23(30)29-13-11-27(12-14-29)21-16-19(3)24-22(26-21)28-9-5-4-6-10-28/h7-8,15-16H,4-6,9-14H2,1-3H3,(H,25,30). The summed E-state index contributed by atoms with van der Waals surface area (Å²) < 4.78 is 0. The average molecular weight is 409 g/mol. The van der Waals surface area contributed by atoms with E-state index in [0.717, 1.165) is 60.5 Å². The largest absolute Gasteiger partial charge is 0.353 e. The van der Waals surface area contributed by atoms with E-state index in [1.807, 2.05) is 37.8 Å². The Bertz CT molecular complexity index is 901. The predicted octanol–water partition coefficient (Wildman–Crippen LogP) is 3.75. The van der Waals surface area contributed by atoms with Gasteiger partial charge < -0.3 is 20.0 Å². The summed E-state index contributed by atoms with van der Waals surface area (Å²) in [6.07, 6.45) is 3.71. The normalized spacial score (nSPS) is 17.2. The van der Waals surface area contributed by atoms with E-state index < -0.39 is 0 Å². The van der Waals surface area contributed by atoms with Gasteiger partial charge in [-0.25, -0.2) is 9.78 Å². The van der Waals surface area contributed by atoms with Gasteiger partial charge in [0.15, 0.2) is 0 Å². The minimum absolute atomic E-state index is 0.0313. The number of nitrogens with zero attached hydrogens (tertiary/aromatic N) is 5. The number of urea groups is 1. The van der Waals surface area contributed by atoms with Crippen molar-refractivity contribution in [3.05, 3.63) is 41.1 Å². The molecule has 0 atom stereocenters. The zero-order valence-corrected chi connectivity index (χ0v) is 18.3. The lowest BCUT2D eigenvalue weighted by Crippen LogP contribution is -2.50. The third-order valence-corrected chi connectivity index (χ3v) is 5.99. The maximum atomic E-state index is 12.8. The van der Waals surface area contributed by atoms with E-state index >= 15 is 0 Å². The molecule has 0 unspecified atom stereocenters. The van der Waals surface area contributed by atoms with Gasteiger partial charge in [0.25, 0.3) is 0 Å². The number of anilines is 3. The Morgan fingerprint density at radius 2 is 1.60 bits per heavy atom. The molecule has 2 aromatic rings. The summed E-state index contributed by atoms with van der Waals surface area (Å²) in [5, 5.41) is 3.07. The molecule has 2 saturated heterocycles. The number of benzene rings is 1. The van der Waals surface area contributed by atoms with Gasteiger partial charge in [-0.15, -0.1) is 0 Å². The van der Waals surface area contributed by atoms with Gasteiger partial charge in [-0.1, -0.05) is 12.1 Å². The summed E-state index contributed by atoms with van der Waals surface area (Å²) >= 11 is 0. The van der Waals surface area contributed by atoms with Crippen LogP contribution in [0.1, 0.15) is 36.1 Å². The van der Waals surface area contributed by atoms with Crippen molar-refractivity contribution in [3.8, 4) is 0 Å². The second-order valence-corrected chi connectivity index (χ2v) is 8.44. The number of aryl methyl sites for hydroxylation is 3. The van der Waals surface area contributed by atoms with E-state index in [2.05, 4.69) is 32.2 Å². The lowest BCUT2D eigenvalue weighted by Gasteiger charge is -2.36. The highest BCUT2D eigenvalue weighted by Crippen LogP contribution is 2.22. The van der Waals surface area contributed by atoms with Crippen LogP contribution in [0.25, 0.3) is 0 Å². The van der Waals surface area contributed by atoms with Crippen LogP contribution in [0.5, 0.6) is 0 Å². The number of aromatic nitrogens is 2. The summed E-state index contributed by atoms with van der Waals surface area (Å²) in [6, 6.07) is 8.15. The van der Waals surface area contributed by atoms with Crippen LogP contribution in [0.4, 0.5) is 22.2 Å². The molecule has 1 N–H and O–H groups in total. The van der Waals surface area contributed by atoms with E-state index in [-0.39, 0.29) is 6.03 Å². The third-order valence-electron chi connectivity index (χ3n) is 5.99. The van der Waals surface area contributed by atoms with E-state index in [9.17, 15) is 4.79 Å². The molecule has 0 bridgehead atoms. The molecule has 2 fully saturated rings. The number of piperidine rings is 1. The lowest BCUT2D eigenvalue weighted by atomic mass is 10.1. The zero-order valence-electron chi connectivity index (χ0n) is 18.3. The van der Waals surface area contributed by atoms with Gasteiger partial charge in [0.2, 0.25) is 5.95 Å². The number of carbonyl (C=O) groups is 1.